The highest BCUT2D eigenvalue weighted by Gasteiger charge is 2.13. The molecule has 0 unspecified atom stereocenters. The SMILES string of the molecule is COc1cccc(C)c1NC(=O)CNC(=O)c1ccco1. The number of hydrogen-bond donors (Lipinski definition) is 2. The van der Waals surface area contributed by atoms with Gasteiger partial charge in [0.25, 0.3) is 5.91 Å². The lowest BCUT2D eigenvalue weighted by atomic mass is 10.2. The normalized spacial score (nSPS) is 10.0. The van der Waals surface area contributed by atoms with E-state index in [2.05, 4.69) is 10.6 Å². The van der Waals surface area contributed by atoms with Crippen molar-refractivity contribution in [2.45, 2.75) is 6.92 Å². The number of carbonyl (C=O) groups excluding carboxylic acids is 2. The fourth-order valence-electron chi connectivity index (χ4n) is 1.81. The van der Waals surface area contributed by atoms with Crippen molar-refractivity contribution in [1.82, 2.24) is 5.32 Å². The summed E-state index contributed by atoms with van der Waals surface area (Å²) in [5.74, 6) is -0.0496. The second kappa shape index (κ2) is 6.60. The molecule has 2 N–H and O–H groups in total. The first-order valence-corrected chi connectivity index (χ1v) is 6.37. The fourth-order valence-corrected chi connectivity index (χ4v) is 1.81. The number of hydrogen-bond acceptors (Lipinski definition) is 4. The van der Waals surface area contributed by atoms with Crippen molar-refractivity contribution in [3.8, 4) is 5.75 Å². The molecule has 21 heavy (non-hydrogen) atoms. The van der Waals surface area contributed by atoms with E-state index in [-0.39, 0.29) is 18.2 Å². The number of anilines is 1. The van der Waals surface area contributed by atoms with Crippen molar-refractivity contribution in [3.63, 3.8) is 0 Å². The van der Waals surface area contributed by atoms with Crippen LogP contribution in [0.15, 0.2) is 41.0 Å². The average molecular weight is 288 g/mol. The van der Waals surface area contributed by atoms with E-state index in [9.17, 15) is 9.59 Å². The molecule has 2 rings (SSSR count). The van der Waals surface area contributed by atoms with Crippen LogP contribution in [0.2, 0.25) is 0 Å². The maximum absolute atomic E-state index is 11.9. The number of amides is 2. The first-order valence-electron chi connectivity index (χ1n) is 6.37. The monoisotopic (exact) mass is 288 g/mol. The second-order valence-corrected chi connectivity index (χ2v) is 4.36. The number of carbonyl (C=O) groups is 2. The molecule has 0 aliphatic rings. The first kappa shape index (κ1) is 14.6. The molecule has 1 aromatic heterocycles. The molecule has 2 amide bonds. The second-order valence-electron chi connectivity index (χ2n) is 4.36. The molecule has 6 heteroatoms. The summed E-state index contributed by atoms with van der Waals surface area (Å²) in [5.41, 5.74) is 1.47. The van der Waals surface area contributed by atoms with E-state index in [1.54, 1.807) is 12.1 Å². The Morgan fingerprint density at radius 3 is 2.71 bits per heavy atom. The Morgan fingerprint density at radius 1 is 1.24 bits per heavy atom. The molecule has 0 bridgehead atoms. The fraction of sp³-hybridized carbons (Fsp3) is 0.200. The van der Waals surface area contributed by atoms with Crippen molar-refractivity contribution in [1.29, 1.82) is 0 Å². The van der Waals surface area contributed by atoms with Crippen LogP contribution in [0.4, 0.5) is 5.69 Å². The van der Waals surface area contributed by atoms with Crippen LogP contribution in [0.3, 0.4) is 0 Å². The van der Waals surface area contributed by atoms with E-state index in [1.807, 2.05) is 19.1 Å². The number of benzene rings is 1. The van der Waals surface area contributed by atoms with E-state index in [0.29, 0.717) is 11.4 Å². The highest BCUT2D eigenvalue weighted by Crippen LogP contribution is 2.27. The quantitative estimate of drug-likeness (QED) is 0.881. The molecule has 1 aromatic carbocycles. The van der Waals surface area contributed by atoms with Gasteiger partial charge in [-0.05, 0) is 30.7 Å². The highest BCUT2D eigenvalue weighted by molar-refractivity contribution is 5.99. The summed E-state index contributed by atoms with van der Waals surface area (Å²) in [6, 6.07) is 8.58. The summed E-state index contributed by atoms with van der Waals surface area (Å²) in [6.45, 7) is 1.70. The van der Waals surface area contributed by atoms with Gasteiger partial charge in [0.2, 0.25) is 5.91 Å². The van der Waals surface area contributed by atoms with Crippen LogP contribution in [0.25, 0.3) is 0 Å². The topological polar surface area (TPSA) is 80.6 Å². The van der Waals surface area contributed by atoms with Gasteiger partial charge in [-0.2, -0.15) is 0 Å². The van der Waals surface area contributed by atoms with Crippen molar-refractivity contribution in [3.05, 3.63) is 47.9 Å². The molecule has 0 saturated heterocycles. The molecule has 0 atom stereocenters. The van der Waals surface area contributed by atoms with Crippen LogP contribution >= 0.6 is 0 Å². The Kier molecular flexibility index (Phi) is 4.61. The number of rotatable bonds is 5. The molecule has 0 radical (unpaired) electrons. The number of ether oxygens (including phenoxy) is 1. The lowest BCUT2D eigenvalue weighted by molar-refractivity contribution is -0.115. The Hall–Kier alpha value is -2.76. The summed E-state index contributed by atoms with van der Waals surface area (Å²) < 4.78 is 10.1. The van der Waals surface area contributed by atoms with Gasteiger partial charge in [0.05, 0.1) is 25.6 Å². The van der Waals surface area contributed by atoms with E-state index < -0.39 is 5.91 Å². The largest absolute Gasteiger partial charge is 0.495 e. The van der Waals surface area contributed by atoms with Crippen LogP contribution in [-0.2, 0) is 4.79 Å². The molecule has 0 fully saturated rings. The van der Waals surface area contributed by atoms with Gasteiger partial charge in [0.1, 0.15) is 5.75 Å². The van der Waals surface area contributed by atoms with Crippen LogP contribution in [0, 0.1) is 6.92 Å². The minimum atomic E-state index is -0.438. The van der Waals surface area contributed by atoms with E-state index in [0.717, 1.165) is 5.56 Å². The summed E-state index contributed by atoms with van der Waals surface area (Å²) >= 11 is 0. The zero-order valence-corrected chi connectivity index (χ0v) is 11.8. The van der Waals surface area contributed by atoms with Gasteiger partial charge in [0, 0.05) is 0 Å². The third kappa shape index (κ3) is 3.62. The van der Waals surface area contributed by atoms with Gasteiger partial charge >= 0.3 is 0 Å². The molecular formula is C15H16N2O4. The predicted octanol–water partition coefficient (Wildman–Crippen LogP) is 1.97. The predicted molar refractivity (Wildman–Crippen MR) is 77.4 cm³/mol. The Balaban J connectivity index is 1.95. The van der Waals surface area contributed by atoms with Gasteiger partial charge in [-0.3, -0.25) is 9.59 Å². The maximum atomic E-state index is 11.9. The summed E-state index contributed by atoms with van der Waals surface area (Å²) in [7, 11) is 1.53. The molecule has 1 heterocycles. The number of aryl methyl sites for hydroxylation is 1. The maximum Gasteiger partial charge on any atom is 0.287 e. The van der Waals surface area contributed by atoms with Crippen LogP contribution in [-0.4, -0.2) is 25.5 Å². The minimum Gasteiger partial charge on any atom is -0.495 e. The van der Waals surface area contributed by atoms with Gasteiger partial charge in [-0.1, -0.05) is 12.1 Å². The van der Waals surface area contributed by atoms with Crippen molar-refractivity contribution in [2.24, 2.45) is 0 Å². The number of methoxy groups -OCH3 is 1. The Morgan fingerprint density at radius 2 is 2.05 bits per heavy atom. The first-order chi connectivity index (χ1) is 10.1. The van der Waals surface area contributed by atoms with Crippen LogP contribution in [0.5, 0.6) is 5.75 Å². The molecule has 0 aliphatic heterocycles. The average Bonchev–Trinajstić information content (AvgIpc) is 3.01. The molecule has 0 spiro atoms. The standard InChI is InChI=1S/C15H16N2O4/c1-10-5-3-6-11(20-2)14(10)17-13(18)9-16-15(19)12-7-4-8-21-12/h3-8H,9H2,1-2H3,(H,16,19)(H,17,18). The van der Waals surface area contributed by atoms with Gasteiger partial charge in [0.15, 0.2) is 5.76 Å². The Bertz CT molecular complexity index is 635. The number of furan rings is 1. The Labute approximate surface area is 122 Å². The summed E-state index contributed by atoms with van der Waals surface area (Å²) in [5, 5.41) is 5.20. The van der Waals surface area contributed by atoms with E-state index in [1.165, 1.54) is 19.4 Å². The summed E-state index contributed by atoms with van der Waals surface area (Å²) in [4.78, 5) is 23.5. The molecule has 6 nitrogen and oxygen atoms in total. The molecule has 0 aliphatic carbocycles. The van der Waals surface area contributed by atoms with E-state index in [4.69, 9.17) is 9.15 Å². The summed E-state index contributed by atoms with van der Waals surface area (Å²) in [6.07, 6.45) is 1.40. The zero-order chi connectivity index (χ0) is 15.2. The number of nitrogens with one attached hydrogen (secondary N) is 2. The number of para-hydroxylation sites is 1. The zero-order valence-electron chi connectivity index (χ0n) is 11.8. The third-order valence-electron chi connectivity index (χ3n) is 2.87. The van der Waals surface area contributed by atoms with Crippen molar-refractivity contribution in [2.75, 3.05) is 19.0 Å². The van der Waals surface area contributed by atoms with E-state index >= 15 is 0 Å². The van der Waals surface area contributed by atoms with Gasteiger partial charge in [-0.15, -0.1) is 0 Å². The lowest BCUT2D eigenvalue weighted by Gasteiger charge is -2.12. The minimum absolute atomic E-state index is 0.156. The molecule has 0 saturated carbocycles. The van der Waals surface area contributed by atoms with Gasteiger partial charge < -0.3 is 19.8 Å². The molecule has 2 aromatic rings. The van der Waals surface area contributed by atoms with Crippen LogP contribution in [0.1, 0.15) is 16.1 Å². The molecule has 110 valence electrons. The van der Waals surface area contributed by atoms with Gasteiger partial charge in [-0.25, -0.2) is 0 Å². The third-order valence-corrected chi connectivity index (χ3v) is 2.87. The highest BCUT2D eigenvalue weighted by atomic mass is 16.5. The molecular weight excluding hydrogens is 272 g/mol. The van der Waals surface area contributed by atoms with Crippen molar-refractivity contribution >= 4 is 17.5 Å². The smallest absolute Gasteiger partial charge is 0.287 e. The van der Waals surface area contributed by atoms with Crippen LogP contribution < -0.4 is 15.4 Å². The lowest BCUT2D eigenvalue weighted by Crippen LogP contribution is -2.32. The van der Waals surface area contributed by atoms with Crippen molar-refractivity contribution < 1.29 is 18.7 Å².